The van der Waals surface area contributed by atoms with Crippen LogP contribution in [0.1, 0.15) is 22.8 Å². The molecule has 28 heavy (non-hydrogen) atoms. The van der Waals surface area contributed by atoms with E-state index in [-0.39, 0.29) is 5.91 Å². The van der Waals surface area contributed by atoms with Gasteiger partial charge in [0.2, 0.25) is 5.91 Å². The number of carbonyl (C=O) groups is 2. The van der Waals surface area contributed by atoms with Crippen molar-refractivity contribution in [2.45, 2.75) is 13.8 Å². The molecule has 1 amide bonds. The van der Waals surface area contributed by atoms with Crippen LogP contribution in [0.15, 0.2) is 48.5 Å². The Morgan fingerprint density at radius 3 is 2.50 bits per heavy atom. The number of nitrogens with one attached hydrogen (secondary N) is 1. The van der Waals surface area contributed by atoms with Gasteiger partial charge in [-0.3, -0.25) is 9.69 Å². The third-order valence-corrected chi connectivity index (χ3v) is 4.80. The molecule has 2 aromatic rings. The average molecular weight is 381 g/mol. The quantitative estimate of drug-likeness (QED) is 0.780. The van der Waals surface area contributed by atoms with Crippen LogP contribution in [-0.2, 0) is 9.53 Å². The van der Waals surface area contributed by atoms with Crippen molar-refractivity contribution in [2.75, 3.05) is 49.5 Å². The summed E-state index contributed by atoms with van der Waals surface area (Å²) in [6.45, 7) is 7.87. The summed E-state index contributed by atoms with van der Waals surface area (Å²) < 4.78 is 5.06. The maximum absolute atomic E-state index is 12.5. The van der Waals surface area contributed by atoms with Crippen LogP contribution in [0.3, 0.4) is 0 Å². The number of piperazine rings is 1. The molecule has 0 radical (unpaired) electrons. The number of amides is 1. The van der Waals surface area contributed by atoms with Crippen molar-refractivity contribution in [3.8, 4) is 0 Å². The minimum Gasteiger partial charge on any atom is -0.462 e. The van der Waals surface area contributed by atoms with E-state index in [4.69, 9.17) is 4.74 Å². The highest BCUT2D eigenvalue weighted by molar-refractivity contribution is 6.01. The van der Waals surface area contributed by atoms with Gasteiger partial charge in [-0.2, -0.15) is 0 Å². The highest BCUT2D eigenvalue weighted by Gasteiger charge is 2.20. The number of hydrogen-bond acceptors (Lipinski definition) is 5. The molecule has 1 saturated heterocycles. The molecular formula is C22H27N3O3. The van der Waals surface area contributed by atoms with Crippen molar-refractivity contribution >= 4 is 23.3 Å². The van der Waals surface area contributed by atoms with Gasteiger partial charge in [-0.25, -0.2) is 4.79 Å². The van der Waals surface area contributed by atoms with E-state index >= 15 is 0 Å². The molecule has 0 spiro atoms. The van der Waals surface area contributed by atoms with Gasteiger partial charge in [0.05, 0.1) is 24.4 Å². The number of benzene rings is 2. The fraction of sp³-hybridized carbons (Fsp3) is 0.364. The van der Waals surface area contributed by atoms with Gasteiger partial charge in [-0.05, 0) is 43.7 Å². The monoisotopic (exact) mass is 381 g/mol. The van der Waals surface area contributed by atoms with Crippen molar-refractivity contribution in [2.24, 2.45) is 0 Å². The van der Waals surface area contributed by atoms with Crippen LogP contribution in [0.5, 0.6) is 0 Å². The molecule has 0 aliphatic carbocycles. The maximum atomic E-state index is 12.5. The molecule has 2 aromatic carbocycles. The van der Waals surface area contributed by atoms with Gasteiger partial charge in [0.15, 0.2) is 0 Å². The standard InChI is InChI=1S/C22H27N3O3/c1-3-28-22(27)19-9-4-5-10-20(19)23-21(26)16-24-11-13-25(14-12-24)18-8-6-7-17(2)15-18/h4-10,15H,3,11-14,16H2,1-2H3,(H,23,26). The first-order valence-corrected chi connectivity index (χ1v) is 9.67. The van der Waals surface area contributed by atoms with Crippen molar-refractivity contribution in [1.29, 1.82) is 0 Å². The van der Waals surface area contributed by atoms with Crippen LogP contribution in [0.2, 0.25) is 0 Å². The highest BCUT2D eigenvalue weighted by atomic mass is 16.5. The van der Waals surface area contributed by atoms with Gasteiger partial charge in [0.25, 0.3) is 0 Å². The molecule has 0 aromatic heterocycles. The summed E-state index contributed by atoms with van der Waals surface area (Å²) in [6.07, 6.45) is 0. The normalized spacial score (nSPS) is 14.6. The van der Waals surface area contributed by atoms with Crippen molar-refractivity contribution < 1.29 is 14.3 Å². The van der Waals surface area contributed by atoms with Crippen LogP contribution < -0.4 is 10.2 Å². The zero-order chi connectivity index (χ0) is 19.9. The van der Waals surface area contributed by atoms with E-state index in [2.05, 4.69) is 46.3 Å². The highest BCUT2D eigenvalue weighted by Crippen LogP contribution is 2.19. The molecule has 1 heterocycles. The predicted molar refractivity (Wildman–Crippen MR) is 111 cm³/mol. The lowest BCUT2D eigenvalue weighted by Crippen LogP contribution is -2.48. The number of ether oxygens (including phenoxy) is 1. The van der Waals surface area contributed by atoms with Gasteiger partial charge < -0.3 is 15.0 Å². The molecule has 0 unspecified atom stereocenters. The molecule has 0 atom stereocenters. The number of para-hydroxylation sites is 1. The minimum absolute atomic E-state index is 0.124. The number of carbonyl (C=O) groups excluding carboxylic acids is 2. The first-order chi connectivity index (χ1) is 13.6. The largest absolute Gasteiger partial charge is 0.462 e. The Balaban J connectivity index is 1.53. The zero-order valence-electron chi connectivity index (χ0n) is 16.5. The lowest BCUT2D eigenvalue weighted by atomic mass is 10.1. The van der Waals surface area contributed by atoms with Crippen LogP contribution in [-0.4, -0.2) is 56.1 Å². The molecule has 3 rings (SSSR count). The van der Waals surface area contributed by atoms with Crippen LogP contribution in [0.25, 0.3) is 0 Å². The smallest absolute Gasteiger partial charge is 0.340 e. The third-order valence-electron chi connectivity index (χ3n) is 4.80. The summed E-state index contributed by atoms with van der Waals surface area (Å²) in [5, 5.41) is 2.85. The fourth-order valence-electron chi connectivity index (χ4n) is 3.36. The van der Waals surface area contributed by atoms with Crippen LogP contribution >= 0.6 is 0 Å². The Labute approximate surface area is 166 Å². The lowest BCUT2D eigenvalue weighted by molar-refractivity contribution is -0.117. The second-order valence-corrected chi connectivity index (χ2v) is 6.92. The van der Waals surface area contributed by atoms with Crippen molar-refractivity contribution in [1.82, 2.24) is 4.90 Å². The summed E-state index contributed by atoms with van der Waals surface area (Å²) in [4.78, 5) is 29.0. The molecule has 1 N–H and O–H groups in total. The molecule has 6 nitrogen and oxygen atoms in total. The van der Waals surface area contributed by atoms with E-state index < -0.39 is 5.97 Å². The molecule has 148 valence electrons. The van der Waals surface area contributed by atoms with Gasteiger partial charge in [-0.15, -0.1) is 0 Å². The van der Waals surface area contributed by atoms with Gasteiger partial charge in [0, 0.05) is 31.9 Å². The Hall–Kier alpha value is -2.86. The average Bonchev–Trinajstić information content (AvgIpc) is 2.69. The fourth-order valence-corrected chi connectivity index (χ4v) is 3.36. The van der Waals surface area contributed by atoms with E-state index in [1.807, 2.05) is 0 Å². The van der Waals surface area contributed by atoms with E-state index in [0.29, 0.717) is 24.4 Å². The molecular weight excluding hydrogens is 354 g/mol. The minimum atomic E-state index is -0.426. The molecule has 1 fully saturated rings. The Morgan fingerprint density at radius 2 is 1.79 bits per heavy atom. The molecule has 0 saturated carbocycles. The number of esters is 1. The lowest BCUT2D eigenvalue weighted by Gasteiger charge is -2.35. The summed E-state index contributed by atoms with van der Waals surface area (Å²) in [5.74, 6) is -0.550. The van der Waals surface area contributed by atoms with Gasteiger partial charge in [-0.1, -0.05) is 24.3 Å². The van der Waals surface area contributed by atoms with E-state index in [0.717, 1.165) is 26.2 Å². The molecule has 1 aliphatic rings. The number of anilines is 2. The van der Waals surface area contributed by atoms with Crippen molar-refractivity contribution in [3.05, 3.63) is 59.7 Å². The predicted octanol–water partition coefficient (Wildman–Crippen LogP) is 2.93. The second kappa shape index (κ2) is 9.37. The number of nitrogens with zero attached hydrogens (tertiary/aromatic N) is 2. The number of aryl methyl sites for hydroxylation is 1. The van der Waals surface area contributed by atoms with E-state index in [1.54, 1.807) is 31.2 Å². The van der Waals surface area contributed by atoms with Gasteiger partial charge in [0.1, 0.15) is 0 Å². The van der Waals surface area contributed by atoms with E-state index in [9.17, 15) is 9.59 Å². The first-order valence-electron chi connectivity index (χ1n) is 9.67. The topological polar surface area (TPSA) is 61.9 Å². The van der Waals surface area contributed by atoms with Gasteiger partial charge >= 0.3 is 5.97 Å². The third kappa shape index (κ3) is 5.10. The Bertz CT molecular complexity index is 829. The summed E-state index contributed by atoms with van der Waals surface area (Å²) in [5.41, 5.74) is 3.35. The molecule has 1 aliphatic heterocycles. The number of hydrogen-bond donors (Lipinski definition) is 1. The number of rotatable bonds is 6. The zero-order valence-corrected chi connectivity index (χ0v) is 16.5. The van der Waals surface area contributed by atoms with E-state index in [1.165, 1.54) is 11.3 Å². The molecule has 6 heteroatoms. The maximum Gasteiger partial charge on any atom is 0.340 e. The Kier molecular flexibility index (Phi) is 6.66. The first kappa shape index (κ1) is 19.9. The summed E-state index contributed by atoms with van der Waals surface area (Å²) in [6, 6.07) is 15.4. The SMILES string of the molecule is CCOC(=O)c1ccccc1NC(=O)CN1CCN(c2cccc(C)c2)CC1. The second-order valence-electron chi connectivity index (χ2n) is 6.92. The Morgan fingerprint density at radius 1 is 1.04 bits per heavy atom. The summed E-state index contributed by atoms with van der Waals surface area (Å²) in [7, 11) is 0. The van der Waals surface area contributed by atoms with Crippen LogP contribution in [0, 0.1) is 6.92 Å². The summed E-state index contributed by atoms with van der Waals surface area (Å²) >= 11 is 0. The van der Waals surface area contributed by atoms with Crippen molar-refractivity contribution in [3.63, 3.8) is 0 Å². The molecule has 0 bridgehead atoms. The van der Waals surface area contributed by atoms with Crippen LogP contribution in [0.4, 0.5) is 11.4 Å².